The van der Waals surface area contributed by atoms with Crippen LogP contribution in [-0.2, 0) is 21.3 Å². The van der Waals surface area contributed by atoms with Crippen molar-refractivity contribution in [2.75, 3.05) is 6.26 Å². The Morgan fingerprint density at radius 1 is 1.30 bits per heavy atom. The Hall–Kier alpha value is -1.70. The van der Waals surface area contributed by atoms with Crippen LogP contribution in [0.3, 0.4) is 0 Å². The summed E-state index contributed by atoms with van der Waals surface area (Å²) in [5.74, 6) is 0. The van der Waals surface area contributed by atoms with Crippen LogP contribution in [0, 0.1) is 6.92 Å². The predicted octanol–water partition coefficient (Wildman–Crippen LogP) is 1.48. The highest BCUT2D eigenvalue weighted by atomic mass is 32.2. The number of carbonyl (C=O) groups is 1. The van der Waals surface area contributed by atoms with E-state index in [4.69, 9.17) is 4.74 Å². The molecule has 0 aliphatic heterocycles. The summed E-state index contributed by atoms with van der Waals surface area (Å²) in [5, 5.41) is 0. The average Bonchev–Trinajstić information content (AvgIpc) is 2.23. The molecule has 0 unspecified atom stereocenters. The predicted molar refractivity (Wildman–Crippen MR) is 73.4 cm³/mol. The number of sulfonamides is 1. The molecule has 7 nitrogen and oxygen atoms in total. The van der Waals surface area contributed by atoms with Gasteiger partial charge < -0.3 is 4.74 Å². The zero-order valence-corrected chi connectivity index (χ0v) is 13.1. The zero-order chi connectivity index (χ0) is 15.6. The summed E-state index contributed by atoms with van der Waals surface area (Å²) in [5.41, 5.74) is 0.186. The van der Waals surface area contributed by atoms with Gasteiger partial charge >= 0.3 is 6.09 Å². The van der Waals surface area contributed by atoms with Crippen LogP contribution in [0.2, 0.25) is 0 Å². The van der Waals surface area contributed by atoms with E-state index >= 15 is 0 Å². The van der Waals surface area contributed by atoms with Crippen molar-refractivity contribution in [2.45, 2.75) is 39.8 Å². The summed E-state index contributed by atoms with van der Waals surface area (Å²) in [7, 11) is -3.76. The van der Waals surface area contributed by atoms with Crippen molar-refractivity contribution >= 4 is 16.1 Å². The second kappa shape index (κ2) is 5.74. The summed E-state index contributed by atoms with van der Waals surface area (Å²) in [4.78, 5) is 20.0. The first kappa shape index (κ1) is 16.4. The smallest absolute Gasteiger partial charge is 0.424 e. The Morgan fingerprint density at radius 2 is 1.85 bits per heavy atom. The summed E-state index contributed by atoms with van der Waals surface area (Å²) in [6, 6.07) is 0. The minimum absolute atomic E-state index is 0.201. The van der Waals surface area contributed by atoms with Gasteiger partial charge in [0.2, 0.25) is 10.0 Å². The molecule has 0 radical (unpaired) electrons. The highest BCUT2D eigenvalue weighted by molar-refractivity contribution is 7.88. The average molecular weight is 301 g/mol. The molecule has 0 atom stereocenters. The van der Waals surface area contributed by atoms with E-state index in [1.807, 2.05) is 0 Å². The molecular weight excluding hydrogens is 282 g/mol. The van der Waals surface area contributed by atoms with Crippen LogP contribution < -0.4 is 0 Å². The Bertz CT molecular complexity index is 593. The van der Waals surface area contributed by atoms with Crippen LogP contribution >= 0.6 is 0 Å². The molecule has 0 aliphatic rings. The quantitative estimate of drug-likeness (QED) is 0.840. The maximum atomic E-state index is 12.0. The van der Waals surface area contributed by atoms with Gasteiger partial charge in [-0.1, -0.05) is 0 Å². The maximum Gasteiger partial charge on any atom is 0.424 e. The van der Waals surface area contributed by atoms with Gasteiger partial charge in [-0.15, -0.1) is 0 Å². The van der Waals surface area contributed by atoms with Crippen LogP contribution in [-0.4, -0.2) is 40.6 Å². The topological polar surface area (TPSA) is 89.5 Å². The number of amides is 1. The van der Waals surface area contributed by atoms with Crippen LogP contribution in [0.5, 0.6) is 0 Å². The molecule has 0 N–H and O–H groups in total. The fourth-order valence-corrected chi connectivity index (χ4v) is 2.02. The van der Waals surface area contributed by atoms with Crippen molar-refractivity contribution in [3.8, 4) is 0 Å². The summed E-state index contributed by atoms with van der Waals surface area (Å²) in [6.45, 7) is 6.49. The van der Waals surface area contributed by atoms with Gasteiger partial charge in [0.05, 0.1) is 24.2 Å². The lowest BCUT2D eigenvalue weighted by molar-refractivity contribution is 0.0381. The first-order valence-electron chi connectivity index (χ1n) is 5.98. The zero-order valence-electron chi connectivity index (χ0n) is 12.2. The molecule has 1 aromatic heterocycles. The molecular formula is C12H19N3O4S. The molecule has 0 fully saturated rings. The van der Waals surface area contributed by atoms with E-state index in [1.54, 1.807) is 27.7 Å². The Labute approximate surface area is 119 Å². The Balaban J connectivity index is 3.04. The molecule has 0 saturated heterocycles. The standard InChI is InChI=1S/C12H19N3O4S/c1-9-10(14-7-6-13-9)8-15(20(5,17)18)11(16)19-12(2,3)4/h6-7H,8H2,1-5H3. The van der Waals surface area contributed by atoms with E-state index in [-0.39, 0.29) is 6.54 Å². The van der Waals surface area contributed by atoms with E-state index in [0.717, 1.165) is 6.26 Å². The van der Waals surface area contributed by atoms with E-state index in [2.05, 4.69) is 9.97 Å². The largest absolute Gasteiger partial charge is 0.443 e. The number of aryl methyl sites for hydroxylation is 1. The highest BCUT2D eigenvalue weighted by Gasteiger charge is 2.29. The van der Waals surface area contributed by atoms with Crippen molar-refractivity contribution in [1.82, 2.24) is 14.3 Å². The van der Waals surface area contributed by atoms with Crippen LogP contribution in [0.15, 0.2) is 12.4 Å². The third-order valence-corrected chi connectivity index (χ3v) is 3.35. The molecule has 0 spiro atoms. The van der Waals surface area contributed by atoms with Crippen molar-refractivity contribution in [3.63, 3.8) is 0 Å². The van der Waals surface area contributed by atoms with Crippen LogP contribution in [0.1, 0.15) is 32.2 Å². The lowest BCUT2D eigenvalue weighted by atomic mass is 10.2. The van der Waals surface area contributed by atoms with Gasteiger partial charge in [0, 0.05) is 12.4 Å². The van der Waals surface area contributed by atoms with Gasteiger partial charge in [-0.2, -0.15) is 4.31 Å². The third kappa shape index (κ3) is 4.76. The Morgan fingerprint density at radius 3 is 2.30 bits per heavy atom. The van der Waals surface area contributed by atoms with Crippen molar-refractivity contribution in [3.05, 3.63) is 23.8 Å². The Kier molecular flexibility index (Phi) is 4.69. The van der Waals surface area contributed by atoms with E-state index in [0.29, 0.717) is 15.7 Å². The fraction of sp³-hybridized carbons (Fsp3) is 0.583. The van der Waals surface area contributed by atoms with Crippen LogP contribution in [0.25, 0.3) is 0 Å². The molecule has 20 heavy (non-hydrogen) atoms. The summed E-state index contributed by atoms with van der Waals surface area (Å²) in [6.07, 6.45) is 2.96. The number of ether oxygens (including phenoxy) is 1. The molecule has 0 bridgehead atoms. The molecule has 1 aromatic rings. The van der Waals surface area contributed by atoms with E-state index < -0.39 is 21.7 Å². The minimum atomic E-state index is -3.76. The second-order valence-electron chi connectivity index (χ2n) is 5.34. The molecule has 112 valence electrons. The first-order chi connectivity index (χ1) is 9.00. The monoisotopic (exact) mass is 301 g/mol. The number of aromatic nitrogens is 2. The highest BCUT2D eigenvalue weighted by Crippen LogP contribution is 2.15. The van der Waals surface area contributed by atoms with Crippen molar-refractivity contribution < 1.29 is 17.9 Å². The molecule has 8 heteroatoms. The molecule has 1 heterocycles. The van der Waals surface area contributed by atoms with Gasteiger partial charge in [-0.25, -0.2) is 13.2 Å². The summed E-state index contributed by atoms with van der Waals surface area (Å²) < 4.78 is 29.2. The molecule has 1 amide bonds. The van der Waals surface area contributed by atoms with E-state index in [9.17, 15) is 13.2 Å². The second-order valence-corrected chi connectivity index (χ2v) is 7.25. The van der Waals surface area contributed by atoms with Gasteiger partial charge in [-0.05, 0) is 27.7 Å². The van der Waals surface area contributed by atoms with Gasteiger partial charge in [-0.3, -0.25) is 9.97 Å². The van der Waals surface area contributed by atoms with E-state index in [1.165, 1.54) is 12.4 Å². The number of carbonyl (C=O) groups excluding carboxylic acids is 1. The minimum Gasteiger partial charge on any atom is -0.443 e. The molecule has 0 aromatic carbocycles. The molecule has 0 saturated carbocycles. The normalized spacial score (nSPS) is 12.1. The first-order valence-corrected chi connectivity index (χ1v) is 7.83. The van der Waals surface area contributed by atoms with Gasteiger partial charge in [0.25, 0.3) is 0 Å². The van der Waals surface area contributed by atoms with Crippen LogP contribution in [0.4, 0.5) is 4.79 Å². The molecule has 1 rings (SSSR count). The lowest BCUT2D eigenvalue weighted by Gasteiger charge is -2.25. The van der Waals surface area contributed by atoms with Crippen molar-refractivity contribution in [2.24, 2.45) is 0 Å². The fourth-order valence-electron chi connectivity index (χ4n) is 1.36. The van der Waals surface area contributed by atoms with Gasteiger partial charge in [0.1, 0.15) is 5.60 Å². The number of hydrogen-bond donors (Lipinski definition) is 0. The number of rotatable bonds is 3. The SMILES string of the molecule is Cc1nccnc1CN(C(=O)OC(C)(C)C)S(C)(=O)=O. The van der Waals surface area contributed by atoms with Crippen molar-refractivity contribution in [1.29, 1.82) is 0 Å². The van der Waals surface area contributed by atoms with Gasteiger partial charge in [0.15, 0.2) is 0 Å². The lowest BCUT2D eigenvalue weighted by Crippen LogP contribution is -2.40. The number of hydrogen-bond acceptors (Lipinski definition) is 6. The maximum absolute atomic E-state index is 12.0. The molecule has 0 aliphatic carbocycles. The summed E-state index contributed by atoms with van der Waals surface area (Å²) >= 11 is 0. The number of nitrogens with zero attached hydrogens (tertiary/aromatic N) is 3. The third-order valence-electron chi connectivity index (χ3n) is 2.27.